The van der Waals surface area contributed by atoms with Crippen LogP contribution in [-0.4, -0.2) is 61.1 Å². The minimum atomic E-state index is -8.76. The maximum Gasteiger partial charge on any atom is 0.460 e. The van der Waals surface area contributed by atoms with Crippen LogP contribution in [0.3, 0.4) is 0 Å². The predicted molar refractivity (Wildman–Crippen MR) is 66.9 cm³/mol. The SMILES string of the molecule is CCOP(=O)(OC)C(F)(F)C(F)(F)C(F)(F)C(F)(F)C(F)(F)C(F)(F)C(F)(F)C(F)(F)F. The molecule has 32 heavy (non-hydrogen) atoms. The van der Waals surface area contributed by atoms with Crippen molar-refractivity contribution in [3.8, 4) is 0 Å². The Morgan fingerprint density at radius 1 is 0.562 bits per heavy atom. The van der Waals surface area contributed by atoms with Crippen molar-refractivity contribution in [3.63, 3.8) is 0 Å². The van der Waals surface area contributed by atoms with Gasteiger partial charge in [0.2, 0.25) is 0 Å². The molecule has 0 aliphatic heterocycles. The Morgan fingerprint density at radius 2 is 0.844 bits per heavy atom. The third kappa shape index (κ3) is 3.73. The van der Waals surface area contributed by atoms with Gasteiger partial charge in [-0.25, -0.2) is 0 Å². The molecule has 3 nitrogen and oxygen atoms in total. The molecule has 0 aliphatic rings. The van der Waals surface area contributed by atoms with Crippen molar-refractivity contribution < 1.29 is 88.2 Å². The van der Waals surface area contributed by atoms with E-state index in [0.717, 1.165) is 0 Å². The van der Waals surface area contributed by atoms with Crippen LogP contribution in [0.15, 0.2) is 0 Å². The molecule has 0 aromatic carbocycles. The van der Waals surface area contributed by atoms with Gasteiger partial charge in [0, 0.05) is 7.11 Å². The summed E-state index contributed by atoms with van der Waals surface area (Å²) in [6.07, 6.45) is -7.83. The number of rotatable bonds is 10. The molecule has 0 saturated carbocycles. The maximum atomic E-state index is 13.7. The molecule has 21 heteroatoms. The molecular weight excluding hydrogens is 534 g/mol. The van der Waals surface area contributed by atoms with E-state index in [1.807, 2.05) is 0 Å². The van der Waals surface area contributed by atoms with Gasteiger partial charge in [0.15, 0.2) is 0 Å². The maximum absolute atomic E-state index is 13.7. The zero-order valence-electron chi connectivity index (χ0n) is 14.8. The zero-order chi connectivity index (χ0) is 26.6. The molecule has 1 atom stereocenters. The molecule has 0 spiro atoms. The Hall–Kier alpha value is -1.04. The molecule has 0 heterocycles. The average molecular weight is 542 g/mol. The lowest BCUT2D eigenvalue weighted by atomic mass is 9.91. The quantitative estimate of drug-likeness (QED) is 0.225. The first-order valence-electron chi connectivity index (χ1n) is 7.14. The summed E-state index contributed by atoms with van der Waals surface area (Å²) in [6.45, 7) is -0.814. The average Bonchev–Trinajstić information content (AvgIpc) is 2.59. The van der Waals surface area contributed by atoms with E-state index in [0.29, 0.717) is 6.92 Å². The molecule has 0 aromatic heterocycles. The van der Waals surface area contributed by atoms with Crippen molar-refractivity contribution in [2.75, 3.05) is 13.7 Å². The second kappa shape index (κ2) is 8.02. The fraction of sp³-hybridized carbons (Fsp3) is 1.00. The van der Waals surface area contributed by atoms with Gasteiger partial charge in [-0.2, -0.15) is 74.6 Å². The third-order valence-electron chi connectivity index (χ3n) is 3.59. The molecule has 1 unspecified atom stereocenters. The van der Waals surface area contributed by atoms with Crippen molar-refractivity contribution in [1.82, 2.24) is 0 Å². The summed E-state index contributed by atoms with van der Waals surface area (Å²) in [5, 5.41) is 0. The number of hydrogen-bond donors (Lipinski definition) is 0. The topological polar surface area (TPSA) is 35.5 Å². The highest BCUT2D eigenvalue weighted by molar-refractivity contribution is 7.55. The van der Waals surface area contributed by atoms with Crippen molar-refractivity contribution in [3.05, 3.63) is 0 Å². The fourth-order valence-corrected chi connectivity index (χ4v) is 3.07. The molecule has 0 aliphatic carbocycles. The Morgan fingerprint density at radius 3 is 1.09 bits per heavy atom. The van der Waals surface area contributed by atoms with Gasteiger partial charge in [0.1, 0.15) is 0 Å². The summed E-state index contributed by atoms with van der Waals surface area (Å²) < 4.78 is 240. The molecule has 0 rings (SSSR count). The van der Waals surface area contributed by atoms with Crippen molar-refractivity contribution in [2.45, 2.75) is 54.3 Å². The largest absolute Gasteiger partial charge is 0.460 e. The highest BCUT2D eigenvalue weighted by Crippen LogP contribution is 2.72. The van der Waals surface area contributed by atoms with Crippen molar-refractivity contribution in [2.24, 2.45) is 0 Å². The molecule has 0 amide bonds. The van der Waals surface area contributed by atoms with Crippen molar-refractivity contribution >= 4 is 7.60 Å². The monoisotopic (exact) mass is 542 g/mol. The first-order valence-corrected chi connectivity index (χ1v) is 8.68. The molecule has 0 aromatic rings. The van der Waals surface area contributed by atoms with Crippen LogP contribution < -0.4 is 0 Å². The second-order valence-corrected chi connectivity index (χ2v) is 7.76. The van der Waals surface area contributed by atoms with E-state index in [4.69, 9.17) is 0 Å². The first kappa shape index (κ1) is 31.0. The molecule has 0 fully saturated rings. The lowest BCUT2D eigenvalue weighted by Gasteiger charge is -2.43. The molecule has 0 radical (unpaired) electrons. The van der Waals surface area contributed by atoms with Crippen LogP contribution in [0.5, 0.6) is 0 Å². The van der Waals surface area contributed by atoms with E-state index >= 15 is 0 Å². The van der Waals surface area contributed by atoms with Crippen LogP contribution in [-0.2, 0) is 13.6 Å². The van der Waals surface area contributed by atoms with Gasteiger partial charge in [0.25, 0.3) is 0 Å². The van der Waals surface area contributed by atoms with Crippen molar-refractivity contribution in [1.29, 1.82) is 0 Å². The molecular formula is C11H8F17O3P. The van der Waals surface area contributed by atoms with E-state index in [-0.39, 0.29) is 7.11 Å². The first-order chi connectivity index (χ1) is 13.6. The number of halogens is 17. The molecule has 0 bridgehead atoms. The van der Waals surface area contributed by atoms with Crippen LogP contribution in [0.1, 0.15) is 6.92 Å². The van der Waals surface area contributed by atoms with Crippen LogP contribution in [0.4, 0.5) is 74.6 Å². The lowest BCUT2D eigenvalue weighted by molar-refractivity contribution is -0.458. The van der Waals surface area contributed by atoms with E-state index in [1.165, 1.54) is 0 Å². The summed E-state index contributed by atoms with van der Waals surface area (Å²) >= 11 is 0. The Bertz CT molecular complexity index is 728. The fourth-order valence-electron chi connectivity index (χ4n) is 1.75. The van der Waals surface area contributed by atoms with Gasteiger partial charge in [-0.15, -0.1) is 0 Å². The van der Waals surface area contributed by atoms with Gasteiger partial charge >= 0.3 is 55.0 Å². The lowest BCUT2D eigenvalue weighted by Crippen LogP contribution is -2.74. The number of hydrogen-bond acceptors (Lipinski definition) is 3. The minimum Gasteiger partial charge on any atom is -0.308 e. The summed E-state index contributed by atoms with van der Waals surface area (Å²) in [7, 11) is -7.22. The Kier molecular flexibility index (Phi) is 7.76. The normalized spacial score (nSPS) is 18.0. The Labute approximate surface area is 165 Å². The highest BCUT2D eigenvalue weighted by atomic mass is 31.2. The van der Waals surface area contributed by atoms with E-state index in [1.54, 1.807) is 0 Å². The molecule has 194 valence electrons. The van der Waals surface area contributed by atoms with Gasteiger partial charge in [-0.05, 0) is 6.92 Å². The smallest absolute Gasteiger partial charge is 0.308 e. The van der Waals surface area contributed by atoms with Crippen LogP contribution in [0, 0.1) is 0 Å². The zero-order valence-corrected chi connectivity index (χ0v) is 15.7. The van der Waals surface area contributed by atoms with Crippen LogP contribution in [0.2, 0.25) is 0 Å². The minimum absolute atomic E-state index is 0.219. The van der Waals surface area contributed by atoms with E-state index in [9.17, 15) is 79.2 Å². The number of alkyl halides is 17. The van der Waals surface area contributed by atoms with Crippen LogP contribution >= 0.6 is 7.60 Å². The van der Waals surface area contributed by atoms with E-state index < -0.39 is 61.6 Å². The van der Waals surface area contributed by atoms with Gasteiger partial charge < -0.3 is 9.05 Å². The second-order valence-electron chi connectivity index (χ2n) is 5.58. The summed E-state index contributed by atoms with van der Waals surface area (Å²) in [5.41, 5.74) is -7.24. The molecule has 0 saturated heterocycles. The van der Waals surface area contributed by atoms with E-state index in [2.05, 4.69) is 9.05 Å². The predicted octanol–water partition coefficient (Wildman–Crippen LogP) is 6.83. The highest BCUT2D eigenvalue weighted by Gasteiger charge is 2.96. The van der Waals surface area contributed by atoms with Gasteiger partial charge in [-0.1, -0.05) is 0 Å². The summed E-state index contributed by atoms with van der Waals surface area (Å²) in [6, 6.07) is 0. The molecule has 0 N–H and O–H groups in total. The summed E-state index contributed by atoms with van der Waals surface area (Å²) in [4.78, 5) is 0. The van der Waals surface area contributed by atoms with Gasteiger partial charge in [-0.3, -0.25) is 4.57 Å². The summed E-state index contributed by atoms with van der Waals surface area (Å²) in [5.74, 6) is -51.1. The van der Waals surface area contributed by atoms with Gasteiger partial charge in [0.05, 0.1) is 6.61 Å². The standard InChI is InChI=1S/C11H8F17O3P/c1-3-31-32(29,30-2)11(27,28)9(22,23)7(18,19)5(14,15)4(12,13)6(16,17)8(20,21)10(24,25)26/h3H2,1-2H3. The van der Waals surface area contributed by atoms with Crippen LogP contribution in [0.25, 0.3) is 0 Å². The third-order valence-corrected chi connectivity index (χ3v) is 5.64. The Balaban J connectivity index is 6.95.